The molecule has 0 fully saturated rings. The topological polar surface area (TPSA) is 0 Å². The molecule has 0 aromatic heterocycles. The van der Waals surface area contributed by atoms with Crippen LogP contribution in [-0.2, 0) is 5.41 Å². The number of hydrogen-bond acceptors (Lipinski definition) is 0. The van der Waals surface area contributed by atoms with Crippen LogP contribution in [-0.4, -0.2) is 0 Å². The van der Waals surface area contributed by atoms with Gasteiger partial charge in [0, 0.05) is 5.41 Å². The minimum absolute atomic E-state index is 0.0933. The van der Waals surface area contributed by atoms with Crippen LogP contribution in [0.3, 0.4) is 0 Å². The first-order valence-electron chi connectivity index (χ1n) is 15.9. The van der Waals surface area contributed by atoms with Crippen molar-refractivity contribution in [3.05, 3.63) is 157 Å². The van der Waals surface area contributed by atoms with Gasteiger partial charge in [-0.2, -0.15) is 0 Å². The molecule has 0 saturated carbocycles. The van der Waals surface area contributed by atoms with Gasteiger partial charge in [0.15, 0.2) is 0 Å². The highest BCUT2D eigenvalue weighted by Crippen LogP contribution is 2.52. The average molecular weight is 571 g/mol. The summed E-state index contributed by atoms with van der Waals surface area (Å²) in [5.41, 5.74) is 10.5. The molecule has 0 heteroatoms. The van der Waals surface area contributed by atoms with E-state index >= 15 is 0 Å². The summed E-state index contributed by atoms with van der Waals surface area (Å²) in [6.07, 6.45) is 0. The highest BCUT2D eigenvalue weighted by molar-refractivity contribution is 6.23. The van der Waals surface area contributed by atoms with Crippen molar-refractivity contribution in [1.82, 2.24) is 0 Å². The van der Waals surface area contributed by atoms with Gasteiger partial charge in [0.2, 0.25) is 0 Å². The molecule has 9 aromatic rings. The Labute approximate surface area is 262 Å². The Hall–Kier alpha value is -5.46. The van der Waals surface area contributed by atoms with Crippen LogP contribution < -0.4 is 0 Å². The Bertz CT molecular complexity index is 2600. The van der Waals surface area contributed by atoms with Gasteiger partial charge in [-0.25, -0.2) is 0 Å². The highest BCUT2D eigenvalue weighted by atomic mass is 14.4. The number of fused-ring (bicyclic) bond motifs is 5. The maximum absolute atomic E-state index is 2.46. The van der Waals surface area contributed by atoms with Gasteiger partial charge in [0.05, 0.1) is 0 Å². The molecule has 0 saturated heterocycles. The van der Waals surface area contributed by atoms with E-state index < -0.39 is 0 Å². The summed E-state index contributed by atoms with van der Waals surface area (Å²) in [4.78, 5) is 0. The zero-order valence-electron chi connectivity index (χ0n) is 25.4. The third-order valence-corrected chi connectivity index (χ3v) is 10.5. The largest absolute Gasteiger partial charge is 0.0616 e. The summed E-state index contributed by atoms with van der Waals surface area (Å²) in [5.74, 6) is 0. The molecule has 0 atom stereocenters. The minimum Gasteiger partial charge on any atom is -0.0616 e. The molecule has 45 heavy (non-hydrogen) atoms. The molecule has 0 heterocycles. The Morgan fingerprint density at radius 2 is 0.911 bits per heavy atom. The number of rotatable bonds is 2. The van der Waals surface area contributed by atoms with Gasteiger partial charge in [0.1, 0.15) is 0 Å². The van der Waals surface area contributed by atoms with Crippen molar-refractivity contribution in [3.63, 3.8) is 0 Å². The van der Waals surface area contributed by atoms with Crippen molar-refractivity contribution in [2.45, 2.75) is 19.3 Å². The Morgan fingerprint density at radius 3 is 1.71 bits per heavy atom. The summed E-state index contributed by atoms with van der Waals surface area (Å²) in [6, 6.07) is 54.8. The van der Waals surface area contributed by atoms with Crippen LogP contribution in [0.4, 0.5) is 0 Å². The molecule has 0 N–H and O–H groups in total. The molecule has 0 amide bonds. The maximum Gasteiger partial charge on any atom is 0.0159 e. The van der Waals surface area contributed by atoms with Gasteiger partial charge in [-0.05, 0) is 135 Å². The van der Waals surface area contributed by atoms with Crippen LogP contribution in [0.25, 0.3) is 87.2 Å². The predicted molar refractivity (Wildman–Crippen MR) is 194 cm³/mol. The molecule has 0 spiro atoms. The van der Waals surface area contributed by atoms with Crippen molar-refractivity contribution in [1.29, 1.82) is 0 Å². The quantitative estimate of drug-likeness (QED) is 0.181. The normalized spacial score (nSPS) is 13.7. The summed E-state index contributed by atoms with van der Waals surface area (Å²) < 4.78 is 0. The zero-order valence-corrected chi connectivity index (χ0v) is 25.4. The molecule has 0 nitrogen and oxygen atoms in total. The second-order valence-electron chi connectivity index (χ2n) is 13.4. The fourth-order valence-corrected chi connectivity index (χ4v) is 8.22. The van der Waals surface area contributed by atoms with Gasteiger partial charge in [0.25, 0.3) is 0 Å². The lowest BCUT2D eigenvalue weighted by Gasteiger charge is -2.23. The first-order chi connectivity index (χ1) is 22.0. The molecular formula is C45H30. The van der Waals surface area contributed by atoms with Crippen molar-refractivity contribution >= 4 is 53.9 Å². The van der Waals surface area contributed by atoms with Crippen LogP contribution >= 0.6 is 0 Å². The van der Waals surface area contributed by atoms with E-state index in [4.69, 9.17) is 0 Å². The standard InChI is InChI=1S/C45H30/c1-45(2)41-24-31(36-22-34-17-14-28-9-5-10-29-15-18-35(23-36)44(34)43(28)29)19-20-38(41)40-26-39-32(25-42(40)45)11-6-12-37(39)33-16-13-27-7-3-4-8-30(27)21-33/h3-26H,1-2H3. The second-order valence-corrected chi connectivity index (χ2v) is 13.4. The molecule has 9 aromatic carbocycles. The summed E-state index contributed by atoms with van der Waals surface area (Å²) >= 11 is 0. The molecular weight excluding hydrogens is 540 g/mol. The zero-order chi connectivity index (χ0) is 29.9. The molecule has 0 radical (unpaired) electrons. The van der Waals surface area contributed by atoms with Gasteiger partial charge in [-0.1, -0.05) is 123 Å². The predicted octanol–water partition coefficient (Wildman–Crippen LogP) is 12.5. The van der Waals surface area contributed by atoms with Gasteiger partial charge in [-0.3, -0.25) is 0 Å². The highest BCUT2D eigenvalue weighted by Gasteiger charge is 2.36. The molecule has 1 aliphatic rings. The van der Waals surface area contributed by atoms with E-state index in [1.54, 1.807) is 0 Å². The fourth-order valence-electron chi connectivity index (χ4n) is 8.22. The van der Waals surface area contributed by atoms with E-state index in [0.717, 1.165) is 0 Å². The summed E-state index contributed by atoms with van der Waals surface area (Å²) in [7, 11) is 0. The molecule has 210 valence electrons. The maximum atomic E-state index is 2.46. The van der Waals surface area contributed by atoms with Crippen LogP contribution in [0.5, 0.6) is 0 Å². The van der Waals surface area contributed by atoms with Gasteiger partial charge in [-0.15, -0.1) is 0 Å². The van der Waals surface area contributed by atoms with E-state index in [1.807, 2.05) is 0 Å². The Kier molecular flexibility index (Phi) is 4.88. The van der Waals surface area contributed by atoms with E-state index in [1.165, 1.54) is 98.4 Å². The average Bonchev–Trinajstić information content (AvgIpc) is 3.30. The van der Waals surface area contributed by atoms with Crippen molar-refractivity contribution in [3.8, 4) is 33.4 Å². The molecule has 0 bridgehead atoms. The SMILES string of the molecule is CC1(C)c2cc(-c3cc4ccc5cccc6ccc(c3)c4c56)ccc2-c2cc3c(-c4ccc5ccccc5c4)cccc3cc21. The molecule has 1 aliphatic carbocycles. The molecule has 0 unspecified atom stereocenters. The lowest BCUT2D eigenvalue weighted by Crippen LogP contribution is -2.15. The van der Waals surface area contributed by atoms with Gasteiger partial charge < -0.3 is 0 Å². The monoisotopic (exact) mass is 570 g/mol. The van der Waals surface area contributed by atoms with Crippen molar-refractivity contribution in [2.24, 2.45) is 0 Å². The first-order valence-corrected chi connectivity index (χ1v) is 15.9. The molecule has 10 rings (SSSR count). The summed E-state index contributed by atoms with van der Waals surface area (Å²) in [6.45, 7) is 4.78. The number of benzene rings is 9. The fraction of sp³-hybridized carbons (Fsp3) is 0.0667. The van der Waals surface area contributed by atoms with Crippen molar-refractivity contribution in [2.75, 3.05) is 0 Å². The third kappa shape index (κ3) is 3.48. The Balaban J connectivity index is 1.14. The third-order valence-electron chi connectivity index (χ3n) is 10.5. The van der Waals surface area contributed by atoms with Crippen LogP contribution in [0.15, 0.2) is 146 Å². The van der Waals surface area contributed by atoms with Crippen LogP contribution in [0.2, 0.25) is 0 Å². The smallest absolute Gasteiger partial charge is 0.0159 e. The van der Waals surface area contributed by atoms with Gasteiger partial charge >= 0.3 is 0 Å². The van der Waals surface area contributed by atoms with Crippen molar-refractivity contribution < 1.29 is 0 Å². The first kappa shape index (κ1) is 24.9. The van der Waals surface area contributed by atoms with E-state index in [9.17, 15) is 0 Å². The molecule has 0 aliphatic heterocycles. The van der Waals surface area contributed by atoms with Crippen LogP contribution in [0, 0.1) is 0 Å². The summed E-state index contributed by atoms with van der Waals surface area (Å²) in [5, 5.41) is 13.1. The van der Waals surface area contributed by atoms with Crippen LogP contribution in [0.1, 0.15) is 25.0 Å². The lowest BCUT2D eigenvalue weighted by molar-refractivity contribution is 0.661. The Morgan fingerprint density at radius 1 is 0.333 bits per heavy atom. The van der Waals surface area contributed by atoms with E-state index in [2.05, 4.69) is 159 Å². The lowest BCUT2D eigenvalue weighted by atomic mass is 9.80. The minimum atomic E-state index is -0.0933. The van der Waals surface area contributed by atoms with E-state index in [0.29, 0.717) is 0 Å². The number of hydrogen-bond donors (Lipinski definition) is 0. The van der Waals surface area contributed by atoms with E-state index in [-0.39, 0.29) is 5.41 Å². The second kappa shape index (κ2) is 8.80.